The Bertz CT molecular complexity index is 372. The third-order valence-corrected chi connectivity index (χ3v) is 2.58. The van der Waals surface area contributed by atoms with Gasteiger partial charge < -0.3 is 19.7 Å². The third-order valence-electron chi connectivity index (χ3n) is 2.58. The van der Waals surface area contributed by atoms with E-state index >= 15 is 0 Å². The lowest BCUT2D eigenvalue weighted by atomic mass is 10.1. The number of carbonyl (C=O) groups is 2. The van der Waals surface area contributed by atoms with Gasteiger partial charge in [-0.2, -0.15) is 0 Å². The van der Waals surface area contributed by atoms with Gasteiger partial charge in [-0.05, 0) is 12.8 Å². The first-order valence-electron chi connectivity index (χ1n) is 5.90. The highest BCUT2D eigenvalue weighted by Crippen LogP contribution is 2.10. The van der Waals surface area contributed by atoms with E-state index in [1.54, 1.807) is 12.2 Å². The van der Waals surface area contributed by atoms with Crippen molar-refractivity contribution in [1.82, 2.24) is 0 Å². The number of hydrogen-bond acceptors (Lipinski definition) is 6. The average Bonchev–Trinajstić information content (AvgIpc) is 2.47. The molecule has 0 saturated carbocycles. The molecule has 0 radical (unpaired) electrons. The monoisotopic (exact) mass is 284 g/mol. The molecule has 0 amide bonds. The van der Waals surface area contributed by atoms with Crippen LogP contribution in [0.4, 0.5) is 0 Å². The molecule has 0 heterocycles. The van der Waals surface area contributed by atoms with Crippen molar-refractivity contribution < 1.29 is 29.3 Å². The van der Waals surface area contributed by atoms with Crippen LogP contribution in [0, 0.1) is 0 Å². The molecule has 2 N–H and O–H groups in total. The van der Waals surface area contributed by atoms with Crippen molar-refractivity contribution in [3.05, 3.63) is 36.5 Å². The molecule has 0 saturated heterocycles. The van der Waals surface area contributed by atoms with Gasteiger partial charge >= 0.3 is 11.9 Å². The van der Waals surface area contributed by atoms with Crippen LogP contribution >= 0.6 is 0 Å². The first kappa shape index (κ1) is 18.1. The summed E-state index contributed by atoms with van der Waals surface area (Å²) in [5, 5.41) is 19.2. The average molecular weight is 284 g/mol. The predicted molar refractivity (Wildman–Crippen MR) is 72.7 cm³/mol. The second-order valence-electron chi connectivity index (χ2n) is 4.01. The van der Waals surface area contributed by atoms with Crippen LogP contribution in [0.2, 0.25) is 0 Å². The summed E-state index contributed by atoms with van der Waals surface area (Å²) >= 11 is 0. The molecule has 0 aliphatic carbocycles. The second-order valence-corrected chi connectivity index (χ2v) is 4.01. The molecular formula is C14H20O6. The van der Waals surface area contributed by atoms with Gasteiger partial charge in [-0.25, -0.2) is 9.59 Å². The van der Waals surface area contributed by atoms with Gasteiger partial charge in [-0.1, -0.05) is 25.3 Å². The highest BCUT2D eigenvalue weighted by Gasteiger charge is 2.17. The number of aliphatic hydroxyl groups is 2. The Morgan fingerprint density at radius 1 is 0.950 bits per heavy atom. The van der Waals surface area contributed by atoms with Gasteiger partial charge in [0.25, 0.3) is 0 Å². The maximum absolute atomic E-state index is 11.1. The molecule has 0 aliphatic rings. The van der Waals surface area contributed by atoms with Crippen LogP contribution in [0.3, 0.4) is 0 Å². The standard InChI is InChI=1S/C14H20O6/c1-9(13(17)19-3)11(15)7-5-6-8-12(16)10(2)14(18)20-4/h5-6,11-12,15-16H,1-2,7-8H2,3-4H3/b6-5+. The maximum Gasteiger partial charge on any atom is 0.335 e. The summed E-state index contributed by atoms with van der Waals surface area (Å²) in [5.41, 5.74) is -0.0895. The van der Waals surface area contributed by atoms with Crippen LogP contribution in [0.5, 0.6) is 0 Å². The SMILES string of the molecule is C=C(C(=O)OC)C(O)C/C=C/CC(O)C(=C)C(=O)OC. The van der Waals surface area contributed by atoms with Crippen LogP contribution < -0.4 is 0 Å². The zero-order valence-electron chi connectivity index (χ0n) is 11.7. The molecule has 0 rings (SSSR count). The van der Waals surface area contributed by atoms with E-state index in [0.29, 0.717) is 0 Å². The fourth-order valence-electron chi connectivity index (χ4n) is 1.27. The van der Waals surface area contributed by atoms with E-state index < -0.39 is 24.1 Å². The lowest BCUT2D eigenvalue weighted by Crippen LogP contribution is -2.18. The Hall–Kier alpha value is -1.92. The number of methoxy groups -OCH3 is 2. The normalized spacial score (nSPS) is 13.6. The first-order chi connectivity index (χ1) is 9.34. The Balaban J connectivity index is 4.21. The van der Waals surface area contributed by atoms with Crippen LogP contribution in [-0.2, 0) is 19.1 Å². The van der Waals surface area contributed by atoms with E-state index in [2.05, 4.69) is 22.6 Å². The molecule has 0 spiro atoms. The third kappa shape index (κ3) is 5.81. The highest BCUT2D eigenvalue weighted by molar-refractivity contribution is 5.89. The lowest BCUT2D eigenvalue weighted by Gasteiger charge is -2.10. The van der Waals surface area contributed by atoms with Crippen LogP contribution in [0.1, 0.15) is 12.8 Å². The smallest absolute Gasteiger partial charge is 0.335 e. The Kier molecular flexibility index (Phi) is 8.19. The topological polar surface area (TPSA) is 93.1 Å². The summed E-state index contributed by atoms with van der Waals surface area (Å²) in [7, 11) is 2.40. The molecule has 0 aromatic rings. The first-order valence-corrected chi connectivity index (χ1v) is 5.90. The van der Waals surface area contributed by atoms with Gasteiger partial charge in [0.2, 0.25) is 0 Å². The fraction of sp³-hybridized carbons (Fsp3) is 0.429. The minimum Gasteiger partial charge on any atom is -0.466 e. The molecule has 2 unspecified atom stereocenters. The molecule has 6 nitrogen and oxygen atoms in total. The molecule has 0 aliphatic heterocycles. The van der Waals surface area contributed by atoms with Gasteiger partial charge in [0, 0.05) is 0 Å². The predicted octanol–water partition coefficient (Wildman–Crippen LogP) is 0.503. The van der Waals surface area contributed by atoms with Gasteiger partial charge in [0.15, 0.2) is 0 Å². The van der Waals surface area contributed by atoms with Crippen molar-refractivity contribution in [2.75, 3.05) is 14.2 Å². The van der Waals surface area contributed by atoms with E-state index in [-0.39, 0.29) is 24.0 Å². The fourth-order valence-corrected chi connectivity index (χ4v) is 1.27. The Morgan fingerprint density at radius 2 is 1.25 bits per heavy atom. The molecule has 0 fully saturated rings. The van der Waals surface area contributed by atoms with E-state index in [0.717, 1.165) is 0 Å². The van der Waals surface area contributed by atoms with Crippen molar-refractivity contribution in [2.24, 2.45) is 0 Å². The van der Waals surface area contributed by atoms with Gasteiger partial charge in [-0.15, -0.1) is 0 Å². The number of carbonyl (C=O) groups excluding carboxylic acids is 2. The van der Waals surface area contributed by atoms with E-state index in [1.807, 2.05) is 0 Å². The van der Waals surface area contributed by atoms with Crippen molar-refractivity contribution in [3.63, 3.8) is 0 Å². The lowest BCUT2D eigenvalue weighted by molar-refractivity contribution is -0.138. The Labute approximate surface area is 118 Å². The molecule has 2 atom stereocenters. The molecule has 6 heteroatoms. The molecule has 112 valence electrons. The van der Waals surface area contributed by atoms with Crippen LogP contribution in [0.15, 0.2) is 36.5 Å². The molecule has 20 heavy (non-hydrogen) atoms. The number of ether oxygens (including phenoxy) is 2. The van der Waals surface area contributed by atoms with Crippen molar-refractivity contribution in [2.45, 2.75) is 25.0 Å². The van der Waals surface area contributed by atoms with E-state index in [9.17, 15) is 19.8 Å². The van der Waals surface area contributed by atoms with Gasteiger partial charge in [0.05, 0.1) is 37.6 Å². The second kappa shape index (κ2) is 9.06. The van der Waals surface area contributed by atoms with E-state index in [4.69, 9.17) is 0 Å². The highest BCUT2D eigenvalue weighted by atomic mass is 16.5. The zero-order valence-corrected chi connectivity index (χ0v) is 11.7. The van der Waals surface area contributed by atoms with Crippen LogP contribution in [-0.4, -0.2) is 48.6 Å². The summed E-state index contributed by atoms with van der Waals surface area (Å²) in [4.78, 5) is 22.2. The Morgan fingerprint density at radius 3 is 1.50 bits per heavy atom. The quantitative estimate of drug-likeness (QED) is 0.383. The summed E-state index contributed by atoms with van der Waals surface area (Å²) in [6.45, 7) is 6.84. The molecule has 0 bridgehead atoms. The summed E-state index contributed by atoms with van der Waals surface area (Å²) < 4.78 is 8.84. The summed E-state index contributed by atoms with van der Waals surface area (Å²) in [6.07, 6.45) is 1.30. The van der Waals surface area contributed by atoms with Crippen molar-refractivity contribution in [3.8, 4) is 0 Å². The number of hydrogen-bond donors (Lipinski definition) is 2. The minimum absolute atomic E-state index is 0.0448. The summed E-state index contributed by atoms with van der Waals surface area (Å²) in [6, 6.07) is 0. The molecule has 0 aromatic heterocycles. The van der Waals surface area contributed by atoms with Crippen molar-refractivity contribution in [1.29, 1.82) is 0 Å². The number of esters is 2. The van der Waals surface area contributed by atoms with Crippen LogP contribution in [0.25, 0.3) is 0 Å². The van der Waals surface area contributed by atoms with Gasteiger partial charge in [-0.3, -0.25) is 0 Å². The minimum atomic E-state index is -1.06. The van der Waals surface area contributed by atoms with Crippen molar-refractivity contribution >= 4 is 11.9 Å². The molecule has 0 aromatic carbocycles. The van der Waals surface area contributed by atoms with Gasteiger partial charge in [0.1, 0.15) is 0 Å². The summed E-state index contributed by atoms with van der Waals surface area (Å²) in [5.74, 6) is -1.35. The maximum atomic E-state index is 11.1. The largest absolute Gasteiger partial charge is 0.466 e. The zero-order chi connectivity index (χ0) is 15.7. The number of aliphatic hydroxyl groups excluding tert-OH is 2. The molecular weight excluding hydrogens is 264 g/mol. The van der Waals surface area contributed by atoms with E-state index in [1.165, 1.54) is 14.2 Å². The number of rotatable bonds is 8.